The quantitative estimate of drug-likeness (QED) is 0.313. The average molecular weight is 631 g/mol. The molecule has 1 N–H and O–H groups in total. The molecule has 3 aromatic carbocycles. The van der Waals surface area contributed by atoms with Crippen molar-refractivity contribution in [1.29, 1.82) is 0 Å². The fraction of sp³-hybridized carbons (Fsp3) is 0.333. The van der Waals surface area contributed by atoms with Gasteiger partial charge >= 0.3 is 0 Å². The van der Waals surface area contributed by atoms with Gasteiger partial charge < -0.3 is 15.0 Å². The lowest BCUT2D eigenvalue weighted by molar-refractivity contribution is -0.140. The molecule has 0 spiro atoms. The molecule has 0 fully saturated rings. The van der Waals surface area contributed by atoms with E-state index in [-0.39, 0.29) is 24.9 Å². The number of halogens is 1. The Kier molecular flexibility index (Phi) is 10.8. The zero-order valence-electron chi connectivity index (χ0n) is 23.4. The molecule has 1 atom stereocenters. The number of carbonyl (C=O) groups is 2. The minimum absolute atomic E-state index is 0.0794. The maximum absolute atomic E-state index is 14.1. The number of anilines is 1. The van der Waals surface area contributed by atoms with E-state index in [4.69, 9.17) is 4.74 Å². The van der Waals surface area contributed by atoms with Gasteiger partial charge in [0.25, 0.3) is 0 Å². The number of sulfonamides is 1. The fourth-order valence-electron chi connectivity index (χ4n) is 4.30. The van der Waals surface area contributed by atoms with E-state index in [1.807, 2.05) is 63.2 Å². The minimum Gasteiger partial charge on any atom is -0.497 e. The maximum atomic E-state index is 14.1. The highest BCUT2D eigenvalue weighted by Gasteiger charge is 2.33. The molecule has 0 aliphatic carbocycles. The first kappa shape index (κ1) is 31.2. The molecule has 0 saturated heterocycles. The maximum Gasteiger partial charge on any atom is 0.244 e. The number of carbonyl (C=O) groups excluding carboxylic acids is 2. The van der Waals surface area contributed by atoms with E-state index < -0.39 is 28.5 Å². The first-order valence-electron chi connectivity index (χ1n) is 12.9. The van der Waals surface area contributed by atoms with Gasteiger partial charge in [-0.2, -0.15) is 0 Å². The second kappa shape index (κ2) is 13.8. The van der Waals surface area contributed by atoms with Crippen LogP contribution in [0.1, 0.15) is 30.5 Å². The van der Waals surface area contributed by atoms with Crippen LogP contribution in [0.4, 0.5) is 5.69 Å². The Bertz CT molecular complexity index is 1430. The van der Waals surface area contributed by atoms with Crippen molar-refractivity contribution in [3.05, 3.63) is 94.0 Å². The van der Waals surface area contributed by atoms with Crippen LogP contribution >= 0.6 is 15.9 Å². The highest BCUT2D eigenvalue weighted by atomic mass is 79.9. The number of hydrogen-bond acceptors (Lipinski definition) is 5. The topological polar surface area (TPSA) is 96.0 Å². The summed E-state index contributed by atoms with van der Waals surface area (Å²) in [5, 5.41) is 2.94. The molecule has 3 aromatic rings. The van der Waals surface area contributed by atoms with Gasteiger partial charge in [-0.05, 0) is 67.8 Å². The lowest BCUT2D eigenvalue weighted by Crippen LogP contribution is -2.54. The van der Waals surface area contributed by atoms with E-state index in [0.29, 0.717) is 11.4 Å². The van der Waals surface area contributed by atoms with Gasteiger partial charge in [0, 0.05) is 23.5 Å². The summed E-state index contributed by atoms with van der Waals surface area (Å²) in [4.78, 5) is 29.2. The first-order valence-corrected chi connectivity index (χ1v) is 15.5. The number of rotatable bonds is 12. The predicted octanol–water partition coefficient (Wildman–Crippen LogP) is 4.70. The highest BCUT2D eigenvalue weighted by Crippen LogP contribution is 2.26. The number of nitrogens with zero attached hydrogens (tertiary/aromatic N) is 2. The van der Waals surface area contributed by atoms with Gasteiger partial charge in [0.05, 0.1) is 19.1 Å². The third-order valence-electron chi connectivity index (χ3n) is 6.30. The van der Waals surface area contributed by atoms with Crippen molar-refractivity contribution >= 4 is 43.5 Å². The van der Waals surface area contributed by atoms with Crippen LogP contribution in [0.15, 0.2) is 77.3 Å². The average Bonchev–Trinajstić information content (AvgIpc) is 2.90. The Morgan fingerprint density at radius 2 is 1.65 bits per heavy atom. The van der Waals surface area contributed by atoms with Crippen molar-refractivity contribution in [1.82, 2.24) is 10.2 Å². The Morgan fingerprint density at radius 3 is 2.25 bits per heavy atom. The molecule has 1 unspecified atom stereocenters. The van der Waals surface area contributed by atoms with Crippen LogP contribution in [0.3, 0.4) is 0 Å². The molecule has 40 heavy (non-hydrogen) atoms. The summed E-state index contributed by atoms with van der Waals surface area (Å²) in [5.74, 6) is -0.214. The van der Waals surface area contributed by atoms with E-state index in [9.17, 15) is 18.0 Å². The number of methoxy groups -OCH3 is 1. The van der Waals surface area contributed by atoms with Crippen molar-refractivity contribution in [2.75, 3.05) is 24.2 Å². The van der Waals surface area contributed by atoms with Crippen LogP contribution in [0.2, 0.25) is 0 Å². The number of aryl methyl sites for hydroxylation is 1. The molecular weight excluding hydrogens is 594 g/mol. The van der Waals surface area contributed by atoms with Gasteiger partial charge in [-0.1, -0.05) is 58.4 Å². The van der Waals surface area contributed by atoms with Crippen LogP contribution in [-0.4, -0.2) is 57.1 Å². The molecule has 0 aliphatic heterocycles. The van der Waals surface area contributed by atoms with Crippen LogP contribution in [-0.2, 0) is 32.6 Å². The molecule has 8 nitrogen and oxygen atoms in total. The van der Waals surface area contributed by atoms with Crippen molar-refractivity contribution in [3.8, 4) is 5.75 Å². The van der Waals surface area contributed by atoms with Crippen LogP contribution in [0, 0.1) is 6.92 Å². The predicted molar refractivity (Wildman–Crippen MR) is 162 cm³/mol. The van der Waals surface area contributed by atoms with Crippen molar-refractivity contribution < 1.29 is 22.7 Å². The molecular formula is C30H36BrN3O5S. The zero-order chi connectivity index (χ0) is 29.4. The summed E-state index contributed by atoms with van der Waals surface area (Å²) in [5.41, 5.74) is 2.81. The second-order valence-corrected chi connectivity index (χ2v) is 12.7. The summed E-state index contributed by atoms with van der Waals surface area (Å²) >= 11 is 3.44. The minimum atomic E-state index is -3.83. The molecule has 3 rings (SSSR count). The molecule has 0 aliphatic rings. The summed E-state index contributed by atoms with van der Waals surface area (Å²) in [6.07, 6.45) is 1.32. The molecule has 0 saturated carbocycles. The van der Waals surface area contributed by atoms with Gasteiger partial charge in [-0.25, -0.2) is 8.42 Å². The molecule has 0 bridgehead atoms. The number of amides is 2. The standard InChI is InChI=1S/C30H36BrN3O5S/c1-21(2)32-30(36)28(18-23-10-7-6-8-11-23)33(19-24-12-9-13-26(17-24)39-4)29(35)20-34(40(5,37)38)25-14-15-27(31)22(3)16-25/h6-17,21,28H,18-20H2,1-5H3,(H,32,36). The zero-order valence-corrected chi connectivity index (χ0v) is 25.8. The summed E-state index contributed by atoms with van der Waals surface area (Å²) < 4.78 is 33.1. The number of hydrogen-bond donors (Lipinski definition) is 1. The van der Waals surface area contributed by atoms with Crippen molar-refractivity contribution in [2.24, 2.45) is 0 Å². The van der Waals surface area contributed by atoms with E-state index in [2.05, 4.69) is 21.2 Å². The number of benzene rings is 3. The smallest absolute Gasteiger partial charge is 0.244 e. The molecule has 0 aromatic heterocycles. The number of nitrogens with one attached hydrogen (secondary N) is 1. The molecule has 10 heteroatoms. The Morgan fingerprint density at radius 1 is 0.975 bits per heavy atom. The van der Waals surface area contributed by atoms with E-state index >= 15 is 0 Å². The Labute approximate surface area is 245 Å². The molecule has 2 amide bonds. The third-order valence-corrected chi connectivity index (χ3v) is 8.33. The van der Waals surface area contributed by atoms with Gasteiger partial charge in [0.2, 0.25) is 21.8 Å². The highest BCUT2D eigenvalue weighted by molar-refractivity contribution is 9.10. The summed E-state index contributed by atoms with van der Waals surface area (Å²) in [6.45, 7) is 5.16. The van der Waals surface area contributed by atoms with Gasteiger partial charge in [-0.3, -0.25) is 13.9 Å². The van der Waals surface area contributed by atoms with E-state index in [1.54, 1.807) is 37.4 Å². The molecule has 0 heterocycles. The van der Waals surface area contributed by atoms with Crippen LogP contribution < -0.4 is 14.4 Å². The van der Waals surface area contributed by atoms with Crippen LogP contribution in [0.25, 0.3) is 0 Å². The van der Waals surface area contributed by atoms with Gasteiger partial charge in [-0.15, -0.1) is 0 Å². The van der Waals surface area contributed by atoms with Crippen molar-refractivity contribution in [2.45, 2.75) is 45.8 Å². The lowest BCUT2D eigenvalue weighted by atomic mass is 10.0. The SMILES string of the molecule is COc1cccc(CN(C(=O)CN(c2ccc(Br)c(C)c2)S(C)(=O)=O)C(Cc2ccccc2)C(=O)NC(C)C)c1. The van der Waals surface area contributed by atoms with Crippen molar-refractivity contribution in [3.63, 3.8) is 0 Å². The van der Waals surface area contributed by atoms with Crippen LogP contribution in [0.5, 0.6) is 5.75 Å². The normalized spacial score (nSPS) is 12.1. The third kappa shape index (κ3) is 8.56. The van der Waals surface area contributed by atoms with Gasteiger partial charge in [0.15, 0.2) is 0 Å². The first-order chi connectivity index (χ1) is 18.9. The van der Waals surface area contributed by atoms with Gasteiger partial charge in [0.1, 0.15) is 18.3 Å². The molecule has 214 valence electrons. The Balaban J connectivity index is 2.08. The number of ether oxygens (including phenoxy) is 1. The summed E-state index contributed by atoms with van der Waals surface area (Å²) in [6, 6.07) is 20.7. The van der Waals surface area contributed by atoms with E-state index in [1.165, 1.54) is 4.90 Å². The molecule has 0 radical (unpaired) electrons. The fourth-order valence-corrected chi connectivity index (χ4v) is 5.39. The second-order valence-electron chi connectivity index (χ2n) is 9.95. The summed E-state index contributed by atoms with van der Waals surface area (Å²) in [7, 11) is -2.28. The largest absolute Gasteiger partial charge is 0.497 e. The monoisotopic (exact) mass is 629 g/mol. The Hall–Kier alpha value is -3.37. The van der Waals surface area contributed by atoms with E-state index in [0.717, 1.165) is 31.7 Å². The lowest BCUT2D eigenvalue weighted by Gasteiger charge is -2.34.